The average Bonchev–Trinajstić information content (AvgIpc) is 2.69. The van der Waals surface area contributed by atoms with Crippen LogP contribution in [0.25, 0.3) is 4.91 Å². The number of nitrogens with one attached hydrogen (secondary N) is 1. The number of pyridine rings is 1. The first-order chi connectivity index (χ1) is 10.5. The Morgan fingerprint density at radius 2 is 1.68 bits per heavy atom. The van der Waals surface area contributed by atoms with Crippen LogP contribution in [0, 0.1) is 6.92 Å². The van der Waals surface area contributed by atoms with Crippen molar-refractivity contribution >= 4 is 26.6 Å². The van der Waals surface area contributed by atoms with Gasteiger partial charge in [0.15, 0.2) is 0 Å². The van der Waals surface area contributed by atoms with Crippen molar-refractivity contribution in [1.82, 2.24) is 4.98 Å². The summed E-state index contributed by atoms with van der Waals surface area (Å²) >= 11 is 0. The third-order valence-corrected chi connectivity index (χ3v) is 4.82. The van der Waals surface area contributed by atoms with Crippen LogP contribution in [0.5, 0.6) is 0 Å². The van der Waals surface area contributed by atoms with E-state index in [-0.39, 0.29) is 4.91 Å². The van der Waals surface area contributed by atoms with E-state index in [4.69, 9.17) is 0 Å². The van der Waals surface area contributed by atoms with Crippen LogP contribution < -0.4 is 5.32 Å². The van der Waals surface area contributed by atoms with Gasteiger partial charge in [0, 0.05) is 11.3 Å². The van der Waals surface area contributed by atoms with Crippen LogP contribution in [0.2, 0.25) is 0 Å². The van der Waals surface area contributed by atoms with Crippen molar-refractivity contribution in [2.24, 2.45) is 4.40 Å². The third-order valence-electron chi connectivity index (χ3n) is 3.34. The van der Waals surface area contributed by atoms with Crippen molar-refractivity contribution in [2.45, 2.75) is 13.8 Å². The maximum atomic E-state index is 12.3. The summed E-state index contributed by atoms with van der Waals surface area (Å²) in [6.07, 6.45) is 0. The molecule has 0 unspecified atom stereocenters. The van der Waals surface area contributed by atoms with Crippen molar-refractivity contribution in [1.29, 1.82) is 0 Å². The van der Waals surface area contributed by atoms with E-state index in [0.29, 0.717) is 22.8 Å². The smallest absolute Gasteiger partial charge is 0.285 e. The van der Waals surface area contributed by atoms with Gasteiger partial charge in [0.25, 0.3) is 10.0 Å². The molecular weight excluding hydrogens is 298 g/mol. The predicted octanol–water partition coefficient (Wildman–Crippen LogP) is 2.98. The van der Waals surface area contributed by atoms with E-state index >= 15 is 0 Å². The monoisotopic (exact) mass is 313 g/mol. The molecule has 1 aromatic carbocycles. The number of aromatic nitrogens is 1. The molecule has 0 aliphatic carbocycles. The topological polar surface area (TPSA) is 71.4 Å². The summed E-state index contributed by atoms with van der Waals surface area (Å²) in [5.74, 6) is 0.888. The van der Waals surface area contributed by atoms with E-state index in [1.807, 2.05) is 25.1 Å². The Morgan fingerprint density at radius 3 is 2.36 bits per heavy atom. The molecule has 0 saturated heterocycles. The van der Waals surface area contributed by atoms with Crippen molar-refractivity contribution in [3.63, 3.8) is 0 Å². The van der Waals surface area contributed by atoms with Crippen molar-refractivity contribution < 1.29 is 8.42 Å². The Bertz CT molecular complexity index is 885. The summed E-state index contributed by atoms with van der Waals surface area (Å²) < 4.78 is 28.5. The molecule has 1 aromatic heterocycles. The summed E-state index contributed by atoms with van der Waals surface area (Å²) in [6, 6.07) is 14.5. The molecule has 2 heterocycles. The van der Waals surface area contributed by atoms with E-state index in [9.17, 15) is 8.42 Å². The molecule has 5 nitrogen and oxygen atoms in total. The first-order valence-electron chi connectivity index (χ1n) is 6.80. The quantitative estimate of drug-likeness (QED) is 0.925. The molecule has 1 N–H and O–H groups in total. The summed E-state index contributed by atoms with van der Waals surface area (Å²) in [7, 11) is -3.69. The lowest BCUT2D eigenvalue weighted by molar-refractivity contribution is 0.608. The molecule has 0 bridgehead atoms. The second-order valence-corrected chi connectivity index (χ2v) is 6.57. The van der Waals surface area contributed by atoms with E-state index in [1.54, 1.807) is 37.3 Å². The number of aryl methyl sites for hydroxylation is 1. The van der Waals surface area contributed by atoms with Crippen molar-refractivity contribution in [3.8, 4) is 0 Å². The molecule has 3 rings (SSSR count). The largest absolute Gasteiger partial charge is 0.324 e. The van der Waals surface area contributed by atoms with Crippen LogP contribution in [-0.2, 0) is 10.0 Å². The maximum Gasteiger partial charge on any atom is 0.285 e. The molecular formula is C16H15N3O2S. The van der Waals surface area contributed by atoms with Gasteiger partial charge in [-0.2, -0.15) is 8.42 Å². The zero-order chi connectivity index (χ0) is 15.7. The summed E-state index contributed by atoms with van der Waals surface area (Å²) in [6.45, 7) is 3.62. The van der Waals surface area contributed by atoms with Crippen LogP contribution in [0.15, 0.2) is 58.5 Å². The molecule has 112 valence electrons. The highest BCUT2D eigenvalue weighted by molar-refractivity contribution is 8.00. The van der Waals surface area contributed by atoms with Gasteiger partial charge in [-0.1, -0.05) is 36.4 Å². The van der Waals surface area contributed by atoms with Gasteiger partial charge in [-0.3, -0.25) is 0 Å². The lowest BCUT2D eigenvalue weighted by Gasteiger charge is -2.06. The van der Waals surface area contributed by atoms with Crippen LogP contribution in [0.3, 0.4) is 0 Å². The van der Waals surface area contributed by atoms with E-state index < -0.39 is 10.0 Å². The van der Waals surface area contributed by atoms with Crippen molar-refractivity contribution in [3.05, 3.63) is 65.4 Å². The van der Waals surface area contributed by atoms with Crippen LogP contribution >= 0.6 is 0 Å². The molecule has 0 radical (unpaired) electrons. The highest BCUT2D eigenvalue weighted by Gasteiger charge is 2.30. The molecule has 1 aliphatic rings. The number of amidine groups is 1. The minimum Gasteiger partial charge on any atom is -0.324 e. The standard InChI is InChI=1S/C16H15N3O2S/c1-11-7-6-10-14(17-11)18-16-12(2)15(22(20,21)19-16)13-8-4-3-5-9-13/h3-10H,1-2H3,(H,17,18,19). The normalized spacial score (nSPS) is 16.5. The van der Waals surface area contributed by atoms with Crippen LogP contribution in [-0.4, -0.2) is 19.2 Å². The number of anilines is 1. The molecule has 0 fully saturated rings. The van der Waals surface area contributed by atoms with Gasteiger partial charge in [0.2, 0.25) is 0 Å². The minimum atomic E-state index is -3.69. The predicted molar refractivity (Wildman–Crippen MR) is 88.0 cm³/mol. The SMILES string of the molecule is CC1=C(c2ccccc2)S(=O)(=O)N=C1Nc1cccc(C)n1. The highest BCUT2D eigenvalue weighted by atomic mass is 32.2. The summed E-state index contributed by atoms with van der Waals surface area (Å²) in [5, 5.41) is 2.99. The number of hydrogen-bond acceptors (Lipinski definition) is 4. The van der Waals surface area contributed by atoms with Gasteiger partial charge < -0.3 is 5.32 Å². The van der Waals surface area contributed by atoms with Gasteiger partial charge in [0.05, 0.1) is 0 Å². The molecule has 1 aliphatic heterocycles. The maximum absolute atomic E-state index is 12.3. The van der Waals surface area contributed by atoms with E-state index in [1.165, 1.54) is 0 Å². The van der Waals surface area contributed by atoms with Gasteiger partial charge in [-0.05, 0) is 31.5 Å². The Balaban J connectivity index is 2.02. The van der Waals surface area contributed by atoms with Crippen LogP contribution in [0.4, 0.5) is 5.82 Å². The fourth-order valence-corrected chi connectivity index (χ4v) is 3.77. The second kappa shape index (κ2) is 5.38. The Hall–Kier alpha value is -2.47. The molecule has 0 saturated carbocycles. The number of hydrogen-bond donors (Lipinski definition) is 1. The first-order valence-corrected chi connectivity index (χ1v) is 8.24. The van der Waals surface area contributed by atoms with E-state index in [2.05, 4.69) is 14.7 Å². The Morgan fingerprint density at radius 1 is 0.955 bits per heavy atom. The number of benzene rings is 1. The van der Waals surface area contributed by atoms with Crippen molar-refractivity contribution in [2.75, 3.05) is 5.32 Å². The lowest BCUT2D eigenvalue weighted by atomic mass is 10.1. The lowest BCUT2D eigenvalue weighted by Crippen LogP contribution is -2.12. The van der Waals surface area contributed by atoms with Gasteiger partial charge in [-0.15, -0.1) is 4.40 Å². The first kappa shape index (κ1) is 14.5. The van der Waals surface area contributed by atoms with Gasteiger partial charge >= 0.3 is 0 Å². The molecule has 22 heavy (non-hydrogen) atoms. The highest BCUT2D eigenvalue weighted by Crippen LogP contribution is 2.32. The molecule has 6 heteroatoms. The average molecular weight is 313 g/mol. The Kier molecular flexibility index (Phi) is 3.54. The fraction of sp³-hybridized carbons (Fsp3) is 0.125. The number of nitrogens with zero attached hydrogens (tertiary/aromatic N) is 2. The molecule has 0 amide bonds. The minimum absolute atomic E-state index is 0.239. The van der Waals surface area contributed by atoms with Gasteiger partial charge in [0.1, 0.15) is 16.6 Å². The third kappa shape index (κ3) is 2.65. The zero-order valence-corrected chi connectivity index (χ0v) is 13.1. The molecule has 0 spiro atoms. The molecule has 0 atom stereocenters. The van der Waals surface area contributed by atoms with Gasteiger partial charge in [-0.25, -0.2) is 4.98 Å². The van der Waals surface area contributed by atoms with Crippen LogP contribution in [0.1, 0.15) is 18.2 Å². The fourth-order valence-electron chi connectivity index (χ4n) is 2.34. The second-order valence-electron chi connectivity index (χ2n) is 5.02. The zero-order valence-electron chi connectivity index (χ0n) is 12.2. The molecule has 2 aromatic rings. The summed E-state index contributed by atoms with van der Waals surface area (Å²) in [4.78, 5) is 4.55. The van der Waals surface area contributed by atoms with E-state index in [0.717, 1.165) is 5.69 Å². The number of sulfonamides is 1. The summed E-state index contributed by atoms with van der Waals surface area (Å²) in [5.41, 5.74) is 2.07. The Labute approximate surface area is 129 Å². The number of rotatable bonds is 2.